The second-order valence-electron chi connectivity index (χ2n) is 17.4. The number of carbonyl (C=O) groups excluding carboxylic acids is 3. The maximum Gasteiger partial charge on any atom is 0.306 e. The van der Waals surface area contributed by atoms with Crippen molar-refractivity contribution in [2.75, 3.05) is 13.2 Å². The Morgan fingerprint density at radius 2 is 0.619 bits per heavy atom. The van der Waals surface area contributed by atoms with Crippen molar-refractivity contribution in [1.29, 1.82) is 0 Å². The van der Waals surface area contributed by atoms with Crippen molar-refractivity contribution >= 4 is 17.9 Å². The Morgan fingerprint density at radius 3 is 1.02 bits per heavy atom. The van der Waals surface area contributed by atoms with Crippen LogP contribution < -0.4 is 0 Å². The lowest BCUT2D eigenvalue weighted by molar-refractivity contribution is -0.167. The van der Waals surface area contributed by atoms with Crippen molar-refractivity contribution in [2.24, 2.45) is 0 Å². The van der Waals surface area contributed by atoms with E-state index in [-0.39, 0.29) is 37.5 Å². The third kappa shape index (κ3) is 49.7. The monoisotopic (exact) mass is 879 g/mol. The lowest BCUT2D eigenvalue weighted by Crippen LogP contribution is -2.30. The first-order valence-electron chi connectivity index (χ1n) is 26.4. The summed E-state index contributed by atoms with van der Waals surface area (Å²) >= 11 is 0. The molecule has 0 aliphatic heterocycles. The molecule has 0 bridgehead atoms. The van der Waals surface area contributed by atoms with Crippen LogP contribution in [0, 0.1) is 0 Å². The third-order valence-corrected chi connectivity index (χ3v) is 11.2. The number of unbranched alkanes of at least 4 members (excludes halogenated alkanes) is 24. The molecular formula is C57H98O6. The topological polar surface area (TPSA) is 78.9 Å². The molecule has 0 unspecified atom stereocenters. The Balaban J connectivity index is 4.47. The molecule has 6 nitrogen and oxygen atoms in total. The van der Waals surface area contributed by atoms with Crippen LogP contribution in [0.15, 0.2) is 72.9 Å². The minimum Gasteiger partial charge on any atom is -0.462 e. The second kappa shape index (κ2) is 51.5. The molecule has 0 spiro atoms. The van der Waals surface area contributed by atoms with E-state index in [1.165, 1.54) is 116 Å². The number of ether oxygens (including phenoxy) is 3. The van der Waals surface area contributed by atoms with Crippen LogP contribution in [0.2, 0.25) is 0 Å². The van der Waals surface area contributed by atoms with Gasteiger partial charge in [-0.25, -0.2) is 0 Å². The fraction of sp³-hybridized carbons (Fsp3) is 0.737. The molecule has 63 heavy (non-hydrogen) atoms. The highest BCUT2D eigenvalue weighted by Gasteiger charge is 2.19. The highest BCUT2D eigenvalue weighted by atomic mass is 16.6. The van der Waals surface area contributed by atoms with Gasteiger partial charge in [-0.15, -0.1) is 0 Å². The van der Waals surface area contributed by atoms with Crippen molar-refractivity contribution < 1.29 is 28.6 Å². The van der Waals surface area contributed by atoms with Crippen molar-refractivity contribution in [1.82, 2.24) is 0 Å². The summed E-state index contributed by atoms with van der Waals surface area (Å²) in [6.45, 7) is 6.47. The summed E-state index contributed by atoms with van der Waals surface area (Å²) in [5.74, 6) is -0.955. The van der Waals surface area contributed by atoms with Crippen LogP contribution in [-0.4, -0.2) is 37.2 Å². The van der Waals surface area contributed by atoms with Gasteiger partial charge in [0.2, 0.25) is 0 Å². The van der Waals surface area contributed by atoms with Gasteiger partial charge in [0.1, 0.15) is 13.2 Å². The summed E-state index contributed by atoms with van der Waals surface area (Å²) in [6.07, 6.45) is 64.6. The SMILES string of the molecule is CC/C=C\C/C=C\C/C=C\C/C=C\CCCCC(=O)O[C@H](COC(=O)CCCCCCC/C=C\CCCCCCC)COC(=O)CCCCCCC/C=C\CCCCCCCCC. The highest BCUT2D eigenvalue weighted by molar-refractivity contribution is 5.71. The van der Waals surface area contributed by atoms with Gasteiger partial charge < -0.3 is 14.2 Å². The molecule has 0 rings (SSSR count). The second-order valence-corrected chi connectivity index (χ2v) is 17.4. The van der Waals surface area contributed by atoms with Gasteiger partial charge in [-0.05, 0) is 109 Å². The van der Waals surface area contributed by atoms with Gasteiger partial charge in [-0.1, -0.05) is 196 Å². The first kappa shape index (κ1) is 59.9. The van der Waals surface area contributed by atoms with Gasteiger partial charge >= 0.3 is 17.9 Å². The molecule has 0 fully saturated rings. The fourth-order valence-electron chi connectivity index (χ4n) is 7.19. The van der Waals surface area contributed by atoms with E-state index in [9.17, 15) is 14.4 Å². The van der Waals surface area contributed by atoms with Crippen LogP contribution in [0.1, 0.15) is 252 Å². The largest absolute Gasteiger partial charge is 0.462 e. The van der Waals surface area contributed by atoms with Crippen molar-refractivity contribution in [2.45, 2.75) is 258 Å². The quantitative estimate of drug-likeness (QED) is 0.0262. The molecule has 0 aliphatic carbocycles. The zero-order valence-corrected chi connectivity index (χ0v) is 41.3. The Hall–Kier alpha value is -3.15. The minimum atomic E-state index is -0.803. The molecule has 0 saturated heterocycles. The van der Waals surface area contributed by atoms with Crippen molar-refractivity contribution in [3.05, 3.63) is 72.9 Å². The van der Waals surface area contributed by atoms with E-state index in [1.807, 2.05) is 0 Å². The van der Waals surface area contributed by atoms with Crippen LogP contribution in [-0.2, 0) is 28.6 Å². The number of carbonyl (C=O) groups is 3. The summed E-state index contributed by atoms with van der Waals surface area (Å²) < 4.78 is 16.8. The van der Waals surface area contributed by atoms with Crippen LogP contribution in [0.25, 0.3) is 0 Å². The Morgan fingerprint density at radius 1 is 0.333 bits per heavy atom. The smallest absolute Gasteiger partial charge is 0.306 e. The zero-order valence-electron chi connectivity index (χ0n) is 41.3. The van der Waals surface area contributed by atoms with E-state index in [4.69, 9.17) is 14.2 Å². The Kier molecular flexibility index (Phi) is 48.9. The number of allylic oxidation sites excluding steroid dienone is 12. The molecule has 0 aliphatic rings. The molecule has 0 heterocycles. The lowest BCUT2D eigenvalue weighted by atomic mass is 10.1. The molecule has 0 radical (unpaired) electrons. The summed E-state index contributed by atoms with van der Waals surface area (Å²) in [6, 6.07) is 0. The van der Waals surface area contributed by atoms with Crippen LogP contribution in [0.3, 0.4) is 0 Å². The van der Waals surface area contributed by atoms with Crippen LogP contribution >= 0.6 is 0 Å². The summed E-state index contributed by atoms with van der Waals surface area (Å²) in [4.78, 5) is 38.0. The predicted octanol–water partition coefficient (Wildman–Crippen LogP) is 17.4. The normalized spacial score (nSPS) is 12.6. The van der Waals surface area contributed by atoms with E-state index in [2.05, 4.69) is 93.7 Å². The third-order valence-electron chi connectivity index (χ3n) is 11.2. The van der Waals surface area contributed by atoms with Gasteiger partial charge in [0, 0.05) is 19.3 Å². The number of hydrogen-bond acceptors (Lipinski definition) is 6. The van der Waals surface area contributed by atoms with E-state index >= 15 is 0 Å². The van der Waals surface area contributed by atoms with Gasteiger partial charge in [0.05, 0.1) is 0 Å². The number of rotatable bonds is 47. The van der Waals surface area contributed by atoms with Gasteiger partial charge in [0.15, 0.2) is 6.10 Å². The molecule has 0 saturated carbocycles. The van der Waals surface area contributed by atoms with E-state index in [0.717, 1.165) is 89.9 Å². The van der Waals surface area contributed by atoms with Gasteiger partial charge in [-0.3, -0.25) is 14.4 Å². The summed E-state index contributed by atoms with van der Waals surface area (Å²) in [5, 5.41) is 0. The molecule has 362 valence electrons. The Bertz CT molecular complexity index is 1190. The summed E-state index contributed by atoms with van der Waals surface area (Å²) in [5.41, 5.74) is 0. The molecule has 0 aromatic heterocycles. The standard InChI is InChI=1S/C57H98O6/c1-4-7-10-13-16-19-22-25-28-30-32-35-38-41-44-47-50-56(59)62-53-54(52-61-55(58)49-46-43-40-37-34-31-27-24-21-18-15-12-9-6-3)63-57(60)51-48-45-42-39-36-33-29-26-23-20-17-14-11-8-5-2/h8,11,17,20,24,26-30,36,39,54H,4-7,9-10,12-16,18-19,21-23,25,31-35,37-38,40-53H2,1-3H3/b11-8-,20-17-,27-24-,29-26-,30-28-,39-36-/t54-/m1/s1. The number of esters is 3. The molecule has 0 amide bonds. The van der Waals surface area contributed by atoms with Gasteiger partial charge in [0.25, 0.3) is 0 Å². The molecule has 1 atom stereocenters. The Labute approximate surface area is 389 Å². The van der Waals surface area contributed by atoms with E-state index in [1.54, 1.807) is 0 Å². The first-order chi connectivity index (χ1) is 31.0. The van der Waals surface area contributed by atoms with E-state index < -0.39 is 6.10 Å². The minimum absolute atomic E-state index is 0.0989. The molecule has 0 aromatic rings. The van der Waals surface area contributed by atoms with E-state index in [0.29, 0.717) is 19.3 Å². The molecule has 6 heteroatoms. The average Bonchev–Trinajstić information content (AvgIpc) is 3.28. The van der Waals surface area contributed by atoms with Crippen LogP contribution in [0.5, 0.6) is 0 Å². The zero-order chi connectivity index (χ0) is 45.8. The summed E-state index contributed by atoms with van der Waals surface area (Å²) in [7, 11) is 0. The first-order valence-corrected chi connectivity index (χ1v) is 26.4. The average molecular weight is 879 g/mol. The highest BCUT2D eigenvalue weighted by Crippen LogP contribution is 2.14. The number of hydrogen-bond donors (Lipinski definition) is 0. The van der Waals surface area contributed by atoms with Crippen molar-refractivity contribution in [3.63, 3.8) is 0 Å². The maximum atomic E-state index is 12.8. The van der Waals surface area contributed by atoms with Crippen LogP contribution in [0.4, 0.5) is 0 Å². The van der Waals surface area contributed by atoms with Crippen molar-refractivity contribution in [3.8, 4) is 0 Å². The molecular weight excluding hydrogens is 781 g/mol. The lowest BCUT2D eigenvalue weighted by Gasteiger charge is -2.18. The van der Waals surface area contributed by atoms with Gasteiger partial charge in [-0.2, -0.15) is 0 Å². The maximum absolute atomic E-state index is 12.8. The fourth-order valence-corrected chi connectivity index (χ4v) is 7.19. The predicted molar refractivity (Wildman–Crippen MR) is 270 cm³/mol. The molecule has 0 aromatic carbocycles. The molecule has 0 N–H and O–H groups in total.